The van der Waals surface area contributed by atoms with Crippen molar-refractivity contribution in [2.24, 2.45) is 0 Å². The molecule has 0 saturated carbocycles. The second kappa shape index (κ2) is 8.57. The number of nitrogens with one attached hydrogen (secondary N) is 1. The summed E-state index contributed by atoms with van der Waals surface area (Å²) in [6.07, 6.45) is 12.8. The van der Waals surface area contributed by atoms with Crippen LogP contribution in [-0.2, 0) is 12.6 Å². The third-order valence-electron chi connectivity index (χ3n) is 4.88. The van der Waals surface area contributed by atoms with Crippen molar-refractivity contribution in [3.8, 4) is 0 Å². The maximum atomic E-state index is 12.8. The van der Waals surface area contributed by atoms with Crippen molar-refractivity contribution >= 4 is 0 Å². The fourth-order valence-electron chi connectivity index (χ4n) is 3.43. The second-order valence-electron chi connectivity index (χ2n) is 6.95. The van der Waals surface area contributed by atoms with E-state index in [-0.39, 0.29) is 6.04 Å². The number of fused-ring (bicyclic) bond motifs is 2. The zero-order valence-electron chi connectivity index (χ0n) is 15.4. The van der Waals surface area contributed by atoms with Crippen LogP contribution < -0.4 is 5.32 Å². The molecule has 0 aromatic heterocycles. The first-order chi connectivity index (χ1) is 12.9. The smallest absolute Gasteiger partial charge is 0.310 e. The van der Waals surface area contributed by atoms with Crippen molar-refractivity contribution in [3.05, 3.63) is 94.6 Å². The molecule has 1 atom stereocenters. The summed E-state index contributed by atoms with van der Waals surface area (Å²) in [4.78, 5) is 0. The summed E-state index contributed by atoms with van der Waals surface area (Å²) in [7, 11) is 0. The van der Waals surface area contributed by atoms with Gasteiger partial charge < -0.3 is 5.32 Å². The molecule has 3 rings (SSSR count). The highest BCUT2D eigenvalue weighted by Crippen LogP contribution is 2.30. The quantitative estimate of drug-likeness (QED) is 0.612. The van der Waals surface area contributed by atoms with E-state index < -0.39 is 11.7 Å². The molecule has 142 valence electrons. The van der Waals surface area contributed by atoms with Gasteiger partial charge in [0.05, 0.1) is 5.56 Å². The fraction of sp³-hybridized carbons (Fsp3) is 0.304. The number of halogens is 3. The molecule has 0 amide bonds. The normalized spacial score (nSPS) is 17.6. The molecule has 4 heteroatoms. The summed E-state index contributed by atoms with van der Waals surface area (Å²) >= 11 is 0. The Morgan fingerprint density at radius 3 is 2.70 bits per heavy atom. The summed E-state index contributed by atoms with van der Waals surface area (Å²) < 4.78 is 38.4. The van der Waals surface area contributed by atoms with E-state index in [1.165, 1.54) is 28.9 Å². The van der Waals surface area contributed by atoms with Gasteiger partial charge in [0.15, 0.2) is 0 Å². The van der Waals surface area contributed by atoms with Crippen LogP contribution in [0.2, 0.25) is 0 Å². The lowest BCUT2D eigenvalue weighted by molar-refractivity contribution is -0.137. The molecule has 0 aliphatic heterocycles. The number of aryl methyl sites for hydroxylation is 1. The predicted molar refractivity (Wildman–Crippen MR) is 104 cm³/mol. The largest absolute Gasteiger partial charge is 0.416 e. The van der Waals surface area contributed by atoms with Gasteiger partial charge in [0, 0.05) is 6.04 Å². The first kappa shape index (κ1) is 19.4. The maximum Gasteiger partial charge on any atom is 0.416 e. The van der Waals surface area contributed by atoms with E-state index in [0.29, 0.717) is 6.42 Å². The Labute approximate surface area is 158 Å². The molecular weight excluding hydrogens is 347 g/mol. The highest BCUT2D eigenvalue weighted by molar-refractivity contribution is 5.49. The lowest BCUT2D eigenvalue weighted by atomic mass is 9.95. The van der Waals surface area contributed by atoms with Gasteiger partial charge in [-0.3, -0.25) is 0 Å². The van der Waals surface area contributed by atoms with Crippen molar-refractivity contribution < 1.29 is 13.2 Å². The van der Waals surface area contributed by atoms with E-state index in [4.69, 9.17) is 0 Å². The molecule has 0 spiro atoms. The molecule has 0 heterocycles. The molecule has 0 saturated heterocycles. The standard InChI is InChI=1S/C23H24F3N/c1-17(22-13-5-9-18-7-2-3-11-20(22)15-18)27-14-6-10-19-8-4-12-21(16-19)23(24,25)26/h2-5,7-9,11-13,16-17,27H,6,10,14-15H2,1H3/t17-/m1/s1. The van der Waals surface area contributed by atoms with Gasteiger partial charge in [-0.05, 0) is 61.1 Å². The minimum absolute atomic E-state index is 0.188. The summed E-state index contributed by atoms with van der Waals surface area (Å²) in [5.74, 6) is 0. The average molecular weight is 371 g/mol. The lowest BCUT2D eigenvalue weighted by Gasteiger charge is -2.20. The van der Waals surface area contributed by atoms with E-state index >= 15 is 0 Å². The second-order valence-corrected chi connectivity index (χ2v) is 6.95. The van der Waals surface area contributed by atoms with Crippen LogP contribution in [0.3, 0.4) is 0 Å². The molecule has 2 aliphatic carbocycles. The molecule has 1 aromatic carbocycles. The van der Waals surface area contributed by atoms with Gasteiger partial charge in [0.1, 0.15) is 0 Å². The highest BCUT2D eigenvalue weighted by atomic mass is 19.4. The molecule has 0 radical (unpaired) electrons. The molecule has 2 aliphatic rings. The van der Waals surface area contributed by atoms with Crippen LogP contribution in [0.15, 0.2) is 83.5 Å². The predicted octanol–water partition coefficient (Wildman–Crippen LogP) is 5.93. The first-order valence-corrected chi connectivity index (χ1v) is 9.28. The Balaban J connectivity index is 1.53. The fourth-order valence-corrected chi connectivity index (χ4v) is 3.43. The summed E-state index contributed by atoms with van der Waals surface area (Å²) in [5.41, 5.74) is 4.01. The number of hydrogen-bond acceptors (Lipinski definition) is 1. The van der Waals surface area contributed by atoms with Crippen molar-refractivity contribution in [3.63, 3.8) is 0 Å². The molecule has 1 nitrogen and oxygen atoms in total. The van der Waals surface area contributed by atoms with Gasteiger partial charge in [-0.15, -0.1) is 0 Å². The van der Waals surface area contributed by atoms with E-state index in [9.17, 15) is 13.2 Å². The molecular formula is C23H24F3N. The summed E-state index contributed by atoms with van der Waals surface area (Å²) in [6.45, 7) is 2.89. The summed E-state index contributed by atoms with van der Waals surface area (Å²) in [5, 5.41) is 3.51. The number of allylic oxidation sites excluding steroid dienone is 8. The third kappa shape index (κ3) is 5.33. The number of rotatable bonds is 6. The number of benzene rings is 1. The minimum Gasteiger partial charge on any atom is -0.310 e. The minimum atomic E-state index is -4.28. The van der Waals surface area contributed by atoms with Gasteiger partial charge in [0.2, 0.25) is 0 Å². The van der Waals surface area contributed by atoms with E-state index in [1.807, 2.05) is 0 Å². The van der Waals surface area contributed by atoms with Crippen molar-refractivity contribution in [2.75, 3.05) is 6.54 Å². The Morgan fingerprint density at radius 1 is 1.07 bits per heavy atom. The van der Waals surface area contributed by atoms with Crippen molar-refractivity contribution in [1.29, 1.82) is 0 Å². The highest BCUT2D eigenvalue weighted by Gasteiger charge is 2.30. The molecule has 1 aromatic rings. The van der Waals surface area contributed by atoms with Crippen molar-refractivity contribution in [1.82, 2.24) is 5.32 Å². The van der Waals surface area contributed by atoms with Gasteiger partial charge in [-0.25, -0.2) is 0 Å². The van der Waals surface area contributed by atoms with Crippen LogP contribution in [0.4, 0.5) is 13.2 Å². The zero-order chi connectivity index (χ0) is 19.3. The van der Waals surface area contributed by atoms with Crippen LogP contribution in [0.1, 0.15) is 30.9 Å². The van der Waals surface area contributed by atoms with Gasteiger partial charge in [-0.2, -0.15) is 13.2 Å². The third-order valence-corrected chi connectivity index (χ3v) is 4.88. The molecule has 0 unspecified atom stereocenters. The zero-order valence-corrected chi connectivity index (χ0v) is 15.4. The van der Waals surface area contributed by atoms with E-state index in [1.54, 1.807) is 6.07 Å². The van der Waals surface area contributed by atoms with Gasteiger partial charge >= 0.3 is 6.18 Å². The Morgan fingerprint density at radius 2 is 1.89 bits per heavy atom. The average Bonchev–Trinajstić information content (AvgIpc) is 2.99. The van der Waals surface area contributed by atoms with Crippen LogP contribution in [0, 0.1) is 0 Å². The molecule has 2 bridgehead atoms. The van der Waals surface area contributed by atoms with E-state index in [2.05, 4.69) is 54.8 Å². The Hall–Kier alpha value is -2.33. The topological polar surface area (TPSA) is 12.0 Å². The van der Waals surface area contributed by atoms with Gasteiger partial charge in [0.25, 0.3) is 0 Å². The number of hydrogen-bond donors (Lipinski definition) is 1. The maximum absolute atomic E-state index is 12.8. The van der Waals surface area contributed by atoms with Crippen LogP contribution in [0.5, 0.6) is 0 Å². The van der Waals surface area contributed by atoms with Crippen LogP contribution >= 0.6 is 0 Å². The monoisotopic (exact) mass is 371 g/mol. The Bertz CT molecular complexity index is 822. The molecule has 27 heavy (non-hydrogen) atoms. The number of alkyl halides is 3. The molecule has 1 N–H and O–H groups in total. The van der Waals surface area contributed by atoms with E-state index in [0.717, 1.165) is 31.0 Å². The molecule has 0 fully saturated rings. The van der Waals surface area contributed by atoms with Crippen LogP contribution in [0.25, 0.3) is 0 Å². The van der Waals surface area contributed by atoms with Crippen molar-refractivity contribution in [2.45, 2.75) is 38.4 Å². The van der Waals surface area contributed by atoms with Crippen LogP contribution in [-0.4, -0.2) is 12.6 Å². The van der Waals surface area contributed by atoms with Gasteiger partial charge in [-0.1, -0.05) is 60.7 Å². The summed E-state index contributed by atoms with van der Waals surface area (Å²) in [6, 6.07) is 5.79. The SMILES string of the molecule is C[C@@H](NCCCc1cccc(C(F)(F)F)c1)C1=CC=CC2=CC=CC=C1C2. The Kier molecular flexibility index (Phi) is 6.17. The lowest BCUT2D eigenvalue weighted by Crippen LogP contribution is -2.29. The first-order valence-electron chi connectivity index (χ1n) is 9.28.